The predicted octanol–water partition coefficient (Wildman–Crippen LogP) is 3.15. The van der Waals surface area contributed by atoms with Gasteiger partial charge in [-0.2, -0.15) is 0 Å². The molecule has 2 amide bonds. The Bertz CT molecular complexity index is 230. The van der Waals surface area contributed by atoms with E-state index in [4.69, 9.17) is 0 Å². The number of hydrogen-bond donors (Lipinski definition) is 1. The van der Waals surface area contributed by atoms with Gasteiger partial charge in [0.05, 0.1) is 0 Å². The molecule has 1 N–H and O–H groups in total. The van der Waals surface area contributed by atoms with E-state index in [9.17, 15) is 4.79 Å². The van der Waals surface area contributed by atoms with Crippen molar-refractivity contribution in [3.63, 3.8) is 0 Å². The number of carbonyl (C=O) groups is 1. The predicted molar refractivity (Wildman–Crippen MR) is 70.0 cm³/mol. The lowest BCUT2D eigenvalue weighted by molar-refractivity contribution is 0.185. The summed E-state index contributed by atoms with van der Waals surface area (Å²) in [4.78, 5) is 13.8. The Morgan fingerprint density at radius 2 is 1.65 bits per heavy atom. The summed E-state index contributed by atoms with van der Waals surface area (Å²) in [5, 5.41) is 3.09. The summed E-state index contributed by atoms with van der Waals surface area (Å²) in [5.74, 6) is 0.866. The quantitative estimate of drug-likeness (QED) is 0.805. The molecule has 2 rings (SSSR count). The summed E-state index contributed by atoms with van der Waals surface area (Å²) in [7, 11) is 0. The number of piperidine rings is 1. The van der Waals surface area contributed by atoms with Gasteiger partial charge in [0.2, 0.25) is 0 Å². The molecule has 0 aromatic heterocycles. The van der Waals surface area contributed by atoms with Crippen molar-refractivity contribution in [3.05, 3.63) is 0 Å². The molecular formula is C14H26N2O. The van der Waals surface area contributed by atoms with E-state index in [0.29, 0.717) is 0 Å². The van der Waals surface area contributed by atoms with Crippen LogP contribution >= 0.6 is 0 Å². The zero-order chi connectivity index (χ0) is 11.9. The first-order valence-corrected chi connectivity index (χ1v) is 7.39. The van der Waals surface area contributed by atoms with Crippen LogP contribution in [0.1, 0.15) is 57.8 Å². The molecular weight excluding hydrogens is 212 g/mol. The van der Waals surface area contributed by atoms with Gasteiger partial charge >= 0.3 is 6.03 Å². The second-order valence-electron chi connectivity index (χ2n) is 5.57. The zero-order valence-corrected chi connectivity index (χ0v) is 10.9. The van der Waals surface area contributed by atoms with Crippen LogP contribution in [0.25, 0.3) is 0 Å². The van der Waals surface area contributed by atoms with E-state index < -0.39 is 0 Å². The van der Waals surface area contributed by atoms with Gasteiger partial charge in [0.15, 0.2) is 0 Å². The molecule has 17 heavy (non-hydrogen) atoms. The lowest BCUT2D eigenvalue weighted by atomic mass is 9.87. The van der Waals surface area contributed by atoms with Gasteiger partial charge in [-0.1, -0.05) is 32.1 Å². The van der Waals surface area contributed by atoms with Crippen LogP contribution in [0, 0.1) is 5.92 Å². The largest absolute Gasteiger partial charge is 0.338 e. The Hall–Kier alpha value is -0.730. The molecule has 3 heteroatoms. The number of nitrogens with zero attached hydrogens (tertiary/aromatic N) is 1. The van der Waals surface area contributed by atoms with Crippen LogP contribution in [0.3, 0.4) is 0 Å². The minimum atomic E-state index is 0.167. The van der Waals surface area contributed by atoms with Crippen molar-refractivity contribution in [1.82, 2.24) is 10.2 Å². The average molecular weight is 238 g/mol. The van der Waals surface area contributed by atoms with Gasteiger partial charge in [0, 0.05) is 19.6 Å². The Kier molecular flexibility index (Phi) is 5.14. The highest BCUT2D eigenvalue weighted by Gasteiger charge is 2.17. The third-order valence-electron chi connectivity index (χ3n) is 4.20. The molecule has 0 spiro atoms. The van der Waals surface area contributed by atoms with Gasteiger partial charge in [0.1, 0.15) is 0 Å². The second kappa shape index (κ2) is 6.87. The molecule has 0 radical (unpaired) electrons. The van der Waals surface area contributed by atoms with Gasteiger partial charge in [-0.15, -0.1) is 0 Å². The maximum absolute atomic E-state index is 11.9. The third-order valence-corrected chi connectivity index (χ3v) is 4.20. The summed E-state index contributed by atoms with van der Waals surface area (Å²) >= 11 is 0. The fourth-order valence-corrected chi connectivity index (χ4v) is 3.07. The molecule has 2 fully saturated rings. The molecule has 0 atom stereocenters. The maximum atomic E-state index is 11.9. The molecule has 0 aromatic rings. The molecule has 0 bridgehead atoms. The fourth-order valence-electron chi connectivity index (χ4n) is 3.07. The zero-order valence-electron chi connectivity index (χ0n) is 10.9. The first kappa shape index (κ1) is 12.7. The Balaban J connectivity index is 1.58. The molecule has 98 valence electrons. The molecule has 1 saturated carbocycles. The molecule has 1 aliphatic heterocycles. The van der Waals surface area contributed by atoms with Crippen LogP contribution < -0.4 is 5.32 Å². The Morgan fingerprint density at radius 3 is 2.35 bits per heavy atom. The Labute approximate surface area is 105 Å². The number of likely N-dealkylation sites (tertiary alicyclic amines) is 1. The average Bonchev–Trinajstić information content (AvgIpc) is 2.41. The van der Waals surface area contributed by atoms with Crippen molar-refractivity contribution >= 4 is 6.03 Å². The van der Waals surface area contributed by atoms with E-state index in [2.05, 4.69) is 5.32 Å². The summed E-state index contributed by atoms with van der Waals surface area (Å²) in [6, 6.07) is 0.167. The van der Waals surface area contributed by atoms with Crippen LogP contribution in [0.4, 0.5) is 4.79 Å². The number of nitrogens with one attached hydrogen (secondary N) is 1. The highest BCUT2D eigenvalue weighted by molar-refractivity contribution is 5.74. The van der Waals surface area contributed by atoms with Gasteiger partial charge in [0.25, 0.3) is 0 Å². The number of urea groups is 1. The first-order valence-electron chi connectivity index (χ1n) is 7.39. The van der Waals surface area contributed by atoms with Crippen LogP contribution in [-0.4, -0.2) is 30.6 Å². The van der Waals surface area contributed by atoms with E-state index in [0.717, 1.165) is 25.6 Å². The van der Waals surface area contributed by atoms with E-state index in [1.54, 1.807) is 0 Å². The van der Waals surface area contributed by atoms with Crippen molar-refractivity contribution < 1.29 is 4.79 Å². The van der Waals surface area contributed by atoms with Gasteiger partial charge in [-0.25, -0.2) is 4.79 Å². The number of amides is 2. The lowest BCUT2D eigenvalue weighted by Gasteiger charge is -2.27. The monoisotopic (exact) mass is 238 g/mol. The van der Waals surface area contributed by atoms with Crippen molar-refractivity contribution in [2.45, 2.75) is 57.8 Å². The molecule has 2 aliphatic rings. The maximum Gasteiger partial charge on any atom is 0.317 e. The third kappa shape index (κ3) is 4.21. The number of rotatable bonds is 3. The van der Waals surface area contributed by atoms with Crippen molar-refractivity contribution in [2.75, 3.05) is 19.6 Å². The topological polar surface area (TPSA) is 32.3 Å². The van der Waals surface area contributed by atoms with Crippen LogP contribution in [0.5, 0.6) is 0 Å². The highest BCUT2D eigenvalue weighted by Crippen LogP contribution is 2.25. The minimum Gasteiger partial charge on any atom is -0.338 e. The molecule has 0 unspecified atom stereocenters. The minimum absolute atomic E-state index is 0.167. The molecule has 0 aromatic carbocycles. The van der Waals surface area contributed by atoms with Crippen molar-refractivity contribution in [3.8, 4) is 0 Å². The highest BCUT2D eigenvalue weighted by atomic mass is 16.2. The normalized spacial score (nSPS) is 22.5. The van der Waals surface area contributed by atoms with Gasteiger partial charge in [-0.05, 0) is 31.6 Å². The van der Waals surface area contributed by atoms with E-state index in [1.165, 1.54) is 57.8 Å². The van der Waals surface area contributed by atoms with Crippen LogP contribution in [0.15, 0.2) is 0 Å². The number of hydrogen-bond acceptors (Lipinski definition) is 1. The first-order chi connectivity index (χ1) is 8.36. The van der Waals surface area contributed by atoms with Crippen LogP contribution in [-0.2, 0) is 0 Å². The van der Waals surface area contributed by atoms with Gasteiger partial charge < -0.3 is 10.2 Å². The van der Waals surface area contributed by atoms with E-state index in [1.807, 2.05) is 4.90 Å². The summed E-state index contributed by atoms with van der Waals surface area (Å²) in [6.07, 6.45) is 11.8. The standard InChI is InChI=1S/C14H26N2O/c17-14(16-11-5-2-6-12-16)15-10-9-13-7-3-1-4-8-13/h13H,1-12H2,(H,15,17). The van der Waals surface area contributed by atoms with E-state index >= 15 is 0 Å². The van der Waals surface area contributed by atoms with Crippen molar-refractivity contribution in [2.24, 2.45) is 5.92 Å². The molecule has 1 saturated heterocycles. The van der Waals surface area contributed by atoms with Gasteiger partial charge in [-0.3, -0.25) is 0 Å². The second-order valence-corrected chi connectivity index (χ2v) is 5.57. The van der Waals surface area contributed by atoms with E-state index in [-0.39, 0.29) is 6.03 Å². The fraction of sp³-hybridized carbons (Fsp3) is 0.929. The summed E-state index contributed by atoms with van der Waals surface area (Å²) in [6.45, 7) is 2.78. The lowest BCUT2D eigenvalue weighted by Crippen LogP contribution is -2.43. The smallest absolute Gasteiger partial charge is 0.317 e. The summed E-state index contributed by atoms with van der Waals surface area (Å²) in [5.41, 5.74) is 0. The Morgan fingerprint density at radius 1 is 1.00 bits per heavy atom. The molecule has 3 nitrogen and oxygen atoms in total. The van der Waals surface area contributed by atoms with Crippen molar-refractivity contribution in [1.29, 1.82) is 0 Å². The van der Waals surface area contributed by atoms with Crippen LogP contribution in [0.2, 0.25) is 0 Å². The number of carbonyl (C=O) groups excluding carboxylic acids is 1. The summed E-state index contributed by atoms with van der Waals surface area (Å²) < 4.78 is 0. The molecule has 1 heterocycles. The SMILES string of the molecule is O=C(NCCC1CCCCC1)N1CCCCC1. The molecule has 1 aliphatic carbocycles.